The van der Waals surface area contributed by atoms with E-state index in [4.69, 9.17) is 5.11 Å². The quantitative estimate of drug-likeness (QED) is 0.931. The Kier molecular flexibility index (Phi) is 4.84. The summed E-state index contributed by atoms with van der Waals surface area (Å²) in [4.78, 5) is 27.7. The fraction of sp³-hybridized carbons (Fsp3) is 0.556. The van der Waals surface area contributed by atoms with E-state index in [-0.39, 0.29) is 5.91 Å². The van der Waals surface area contributed by atoms with Gasteiger partial charge in [0.15, 0.2) is 0 Å². The molecule has 1 atom stereocenters. The number of likely N-dealkylation sites (tertiary alicyclic amines) is 1. The normalized spacial score (nSPS) is 22.0. The Labute approximate surface area is 136 Å². The molecule has 5 heteroatoms. The average Bonchev–Trinajstić information content (AvgIpc) is 2.62. The smallest absolute Gasteiger partial charge is 0.308 e. The second-order valence-corrected chi connectivity index (χ2v) is 6.52. The second kappa shape index (κ2) is 7.02. The maximum Gasteiger partial charge on any atom is 0.308 e. The van der Waals surface area contributed by atoms with Gasteiger partial charge >= 0.3 is 5.97 Å². The number of benzene rings is 1. The number of hydrogen-bond acceptors (Lipinski definition) is 3. The molecule has 1 aromatic carbocycles. The summed E-state index contributed by atoms with van der Waals surface area (Å²) in [6.07, 6.45) is 5.17. The highest BCUT2D eigenvalue weighted by molar-refractivity contribution is 5.95. The number of amides is 1. The molecule has 2 aliphatic heterocycles. The molecular weight excluding hydrogens is 292 g/mol. The fourth-order valence-corrected chi connectivity index (χ4v) is 3.51. The topological polar surface area (TPSA) is 60.9 Å². The van der Waals surface area contributed by atoms with E-state index in [1.54, 1.807) is 4.90 Å². The Hall–Kier alpha value is -2.04. The van der Waals surface area contributed by atoms with E-state index >= 15 is 0 Å². The van der Waals surface area contributed by atoms with Crippen LogP contribution in [0.15, 0.2) is 24.3 Å². The van der Waals surface area contributed by atoms with Gasteiger partial charge in [0.05, 0.1) is 5.92 Å². The van der Waals surface area contributed by atoms with Crippen LogP contribution in [-0.4, -0.2) is 48.1 Å². The van der Waals surface area contributed by atoms with E-state index in [0.717, 1.165) is 19.5 Å². The highest BCUT2D eigenvalue weighted by atomic mass is 16.4. The van der Waals surface area contributed by atoms with Gasteiger partial charge in [-0.2, -0.15) is 0 Å². The highest BCUT2D eigenvalue weighted by Crippen LogP contribution is 2.22. The van der Waals surface area contributed by atoms with Gasteiger partial charge in [0.25, 0.3) is 5.91 Å². The molecule has 0 aromatic heterocycles. The number of carboxylic acids is 1. The van der Waals surface area contributed by atoms with Crippen molar-refractivity contribution in [3.8, 4) is 0 Å². The molecule has 0 spiro atoms. The first-order valence-electron chi connectivity index (χ1n) is 8.52. The van der Waals surface area contributed by atoms with Gasteiger partial charge in [-0.25, -0.2) is 0 Å². The number of nitrogens with zero attached hydrogens (tertiary/aromatic N) is 2. The molecule has 124 valence electrons. The lowest BCUT2D eigenvalue weighted by atomic mass is 9.97. The number of anilines is 1. The first kappa shape index (κ1) is 15.8. The van der Waals surface area contributed by atoms with Crippen molar-refractivity contribution in [1.82, 2.24) is 4.90 Å². The summed E-state index contributed by atoms with van der Waals surface area (Å²) < 4.78 is 0. The Balaban J connectivity index is 1.66. The van der Waals surface area contributed by atoms with Crippen LogP contribution in [0.1, 0.15) is 42.5 Å². The van der Waals surface area contributed by atoms with E-state index in [1.807, 2.05) is 24.3 Å². The standard InChI is InChI=1S/C18H24N2O3/c21-17(20-12-4-5-15(13-20)18(22)23)14-6-8-16(9-7-14)19-10-2-1-3-11-19/h6-9,15H,1-5,10-13H2,(H,22,23). The molecule has 0 saturated carbocycles. The molecule has 2 saturated heterocycles. The number of carbonyl (C=O) groups is 2. The predicted molar refractivity (Wildman–Crippen MR) is 88.8 cm³/mol. The van der Waals surface area contributed by atoms with Gasteiger partial charge in [-0.1, -0.05) is 0 Å². The van der Waals surface area contributed by atoms with Crippen molar-refractivity contribution in [2.45, 2.75) is 32.1 Å². The molecule has 2 heterocycles. The summed E-state index contributed by atoms with van der Waals surface area (Å²) in [5, 5.41) is 9.15. The van der Waals surface area contributed by atoms with Crippen LogP contribution in [0.25, 0.3) is 0 Å². The Morgan fingerprint density at radius 3 is 2.30 bits per heavy atom. The minimum Gasteiger partial charge on any atom is -0.481 e. The first-order chi connectivity index (χ1) is 11.1. The maximum absolute atomic E-state index is 12.6. The zero-order chi connectivity index (χ0) is 16.2. The van der Waals surface area contributed by atoms with E-state index in [2.05, 4.69) is 4.90 Å². The van der Waals surface area contributed by atoms with E-state index in [9.17, 15) is 9.59 Å². The maximum atomic E-state index is 12.6. The second-order valence-electron chi connectivity index (χ2n) is 6.52. The zero-order valence-electron chi connectivity index (χ0n) is 13.4. The molecule has 1 unspecified atom stereocenters. The molecule has 5 nitrogen and oxygen atoms in total. The minimum atomic E-state index is -0.803. The number of aliphatic carboxylic acids is 1. The van der Waals surface area contributed by atoms with E-state index in [0.29, 0.717) is 25.1 Å². The SMILES string of the molecule is O=C(O)C1CCCN(C(=O)c2ccc(N3CCCCC3)cc2)C1. The van der Waals surface area contributed by atoms with Crippen molar-refractivity contribution in [1.29, 1.82) is 0 Å². The Bertz CT molecular complexity index is 564. The van der Waals surface area contributed by atoms with Gasteiger partial charge in [0.2, 0.25) is 0 Å². The van der Waals surface area contributed by atoms with Crippen LogP contribution in [0.3, 0.4) is 0 Å². The minimum absolute atomic E-state index is 0.0545. The third-order valence-electron chi connectivity index (χ3n) is 4.89. The molecule has 1 N–H and O–H groups in total. The van der Waals surface area contributed by atoms with Crippen LogP contribution in [0, 0.1) is 5.92 Å². The van der Waals surface area contributed by atoms with Crippen molar-refractivity contribution < 1.29 is 14.7 Å². The fourth-order valence-electron chi connectivity index (χ4n) is 3.51. The van der Waals surface area contributed by atoms with Gasteiger partial charge in [0.1, 0.15) is 0 Å². The Morgan fingerprint density at radius 1 is 0.957 bits per heavy atom. The van der Waals surface area contributed by atoms with Gasteiger partial charge in [-0.05, 0) is 56.4 Å². The van der Waals surface area contributed by atoms with Crippen molar-refractivity contribution in [2.24, 2.45) is 5.92 Å². The zero-order valence-corrected chi connectivity index (χ0v) is 13.4. The number of carbonyl (C=O) groups excluding carboxylic acids is 1. The summed E-state index contributed by atoms with van der Waals surface area (Å²) in [7, 11) is 0. The average molecular weight is 316 g/mol. The largest absolute Gasteiger partial charge is 0.481 e. The number of rotatable bonds is 3. The summed E-state index contributed by atoms with van der Waals surface area (Å²) >= 11 is 0. The lowest BCUT2D eigenvalue weighted by Gasteiger charge is -2.31. The molecule has 0 aliphatic carbocycles. The van der Waals surface area contributed by atoms with Crippen LogP contribution >= 0.6 is 0 Å². The lowest BCUT2D eigenvalue weighted by molar-refractivity contribution is -0.143. The molecule has 0 bridgehead atoms. The molecule has 2 fully saturated rings. The van der Waals surface area contributed by atoms with Crippen molar-refractivity contribution in [3.05, 3.63) is 29.8 Å². The van der Waals surface area contributed by atoms with Crippen molar-refractivity contribution in [3.63, 3.8) is 0 Å². The van der Waals surface area contributed by atoms with Gasteiger partial charge in [-0.3, -0.25) is 9.59 Å². The van der Waals surface area contributed by atoms with Crippen LogP contribution in [0.2, 0.25) is 0 Å². The van der Waals surface area contributed by atoms with Crippen LogP contribution < -0.4 is 4.90 Å². The summed E-state index contributed by atoms with van der Waals surface area (Å²) in [5.74, 6) is -1.29. The van der Waals surface area contributed by atoms with Gasteiger partial charge < -0.3 is 14.9 Å². The molecule has 1 aromatic rings. The van der Waals surface area contributed by atoms with Crippen molar-refractivity contribution in [2.75, 3.05) is 31.1 Å². The van der Waals surface area contributed by atoms with Crippen LogP contribution in [0.4, 0.5) is 5.69 Å². The van der Waals surface area contributed by atoms with Gasteiger partial charge in [-0.15, -0.1) is 0 Å². The third-order valence-corrected chi connectivity index (χ3v) is 4.89. The van der Waals surface area contributed by atoms with E-state index < -0.39 is 11.9 Å². The first-order valence-corrected chi connectivity index (χ1v) is 8.52. The van der Waals surface area contributed by atoms with Crippen molar-refractivity contribution >= 4 is 17.6 Å². The number of hydrogen-bond donors (Lipinski definition) is 1. The molecular formula is C18H24N2O3. The molecule has 1 amide bonds. The summed E-state index contributed by atoms with van der Waals surface area (Å²) in [6, 6.07) is 7.77. The lowest BCUT2D eigenvalue weighted by Crippen LogP contribution is -2.42. The predicted octanol–water partition coefficient (Wildman–Crippen LogP) is 2.61. The number of carboxylic acid groups (broad SMARTS) is 1. The summed E-state index contributed by atoms with van der Waals surface area (Å²) in [6.45, 7) is 3.14. The molecule has 0 radical (unpaired) electrons. The molecule has 2 aliphatic rings. The molecule has 23 heavy (non-hydrogen) atoms. The van der Waals surface area contributed by atoms with Crippen LogP contribution in [-0.2, 0) is 4.79 Å². The monoisotopic (exact) mass is 316 g/mol. The Morgan fingerprint density at radius 2 is 1.65 bits per heavy atom. The highest BCUT2D eigenvalue weighted by Gasteiger charge is 2.28. The van der Waals surface area contributed by atoms with E-state index in [1.165, 1.54) is 24.9 Å². The van der Waals surface area contributed by atoms with Gasteiger partial charge in [0, 0.05) is 37.4 Å². The molecule has 3 rings (SSSR count). The number of piperidine rings is 2. The van der Waals surface area contributed by atoms with Crippen LogP contribution in [0.5, 0.6) is 0 Å². The summed E-state index contributed by atoms with van der Waals surface area (Å²) in [5.41, 5.74) is 1.82. The third kappa shape index (κ3) is 3.66.